The maximum absolute atomic E-state index is 11.1. The second kappa shape index (κ2) is 6.45. The molecule has 108 valence electrons. The summed E-state index contributed by atoms with van der Waals surface area (Å²) in [5.41, 5.74) is 0.986. The van der Waals surface area contributed by atoms with Crippen LogP contribution in [0.4, 0.5) is 0 Å². The molecule has 1 unspecified atom stereocenters. The van der Waals surface area contributed by atoms with Gasteiger partial charge in [0.15, 0.2) is 5.76 Å². The van der Waals surface area contributed by atoms with Gasteiger partial charge in [-0.3, -0.25) is 0 Å². The summed E-state index contributed by atoms with van der Waals surface area (Å²) in [6, 6.07) is 9.77. The fraction of sp³-hybridized carbons (Fsp3) is 0.357. The highest BCUT2D eigenvalue weighted by molar-refractivity contribution is 8.00. The number of sulfone groups is 1. The number of nitrogens with zero attached hydrogens (tertiary/aromatic N) is 1. The predicted molar refractivity (Wildman–Crippen MR) is 82.5 cm³/mol. The van der Waals surface area contributed by atoms with Crippen molar-refractivity contribution in [3.63, 3.8) is 0 Å². The van der Waals surface area contributed by atoms with Crippen LogP contribution in [0.15, 0.2) is 40.9 Å². The maximum atomic E-state index is 11.1. The number of thioether (sulfide) groups is 1. The Morgan fingerprint density at radius 2 is 2.00 bits per heavy atom. The summed E-state index contributed by atoms with van der Waals surface area (Å²) in [4.78, 5) is 4.27. The molecule has 0 fully saturated rings. The molecule has 0 saturated heterocycles. The Morgan fingerprint density at radius 3 is 2.65 bits per heavy atom. The number of hydrogen-bond donors (Lipinski definition) is 0. The van der Waals surface area contributed by atoms with Crippen molar-refractivity contribution in [2.45, 2.75) is 12.2 Å². The predicted octanol–water partition coefficient (Wildman–Crippen LogP) is 3.18. The van der Waals surface area contributed by atoms with Gasteiger partial charge in [0, 0.05) is 17.6 Å². The fourth-order valence-electron chi connectivity index (χ4n) is 1.66. The van der Waals surface area contributed by atoms with Crippen molar-refractivity contribution in [3.05, 3.63) is 42.4 Å². The Hall–Kier alpha value is -1.27. The molecule has 1 aromatic carbocycles. The van der Waals surface area contributed by atoms with Gasteiger partial charge in [-0.25, -0.2) is 13.4 Å². The molecule has 0 spiro atoms. The third-order valence-corrected chi connectivity index (χ3v) is 5.10. The van der Waals surface area contributed by atoms with Crippen molar-refractivity contribution in [2.75, 3.05) is 17.8 Å². The van der Waals surface area contributed by atoms with E-state index in [-0.39, 0.29) is 11.0 Å². The van der Waals surface area contributed by atoms with E-state index in [1.54, 1.807) is 6.20 Å². The molecule has 0 N–H and O–H groups in total. The fourth-order valence-corrected chi connectivity index (χ4v) is 3.86. The van der Waals surface area contributed by atoms with Crippen molar-refractivity contribution < 1.29 is 12.8 Å². The minimum absolute atomic E-state index is 0.0363. The van der Waals surface area contributed by atoms with E-state index >= 15 is 0 Å². The molecule has 1 atom stereocenters. The summed E-state index contributed by atoms with van der Waals surface area (Å²) in [6.07, 6.45) is 2.95. The molecule has 0 aliphatic rings. The van der Waals surface area contributed by atoms with Crippen molar-refractivity contribution in [1.82, 2.24) is 4.98 Å². The minimum atomic E-state index is -2.91. The molecule has 0 saturated carbocycles. The molecule has 0 aliphatic heterocycles. The van der Waals surface area contributed by atoms with Gasteiger partial charge in [0.25, 0.3) is 0 Å². The first kappa shape index (κ1) is 15.1. The van der Waals surface area contributed by atoms with Crippen molar-refractivity contribution in [1.29, 1.82) is 0 Å². The third-order valence-electron chi connectivity index (χ3n) is 2.75. The van der Waals surface area contributed by atoms with E-state index in [1.165, 1.54) is 18.0 Å². The molecule has 0 bridgehead atoms. The monoisotopic (exact) mass is 311 g/mol. The van der Waals surface area contributed by atoms with E-state index in [1.807, 2.05) is 37.3 Å². The Morgan fingerprint density at radius 1 is 1.30 bits per heavy atom. The molecule has 0 amide bonds. The van der Waals surface area contributed by atoms with Gasteiger partial charge >= 0.3 is 0 Å². The van der Waals surface area contributed by atoms with Gasteiger partial charge in [-0.2, -0.15) is 0 Å². The van der Waals surface area contributed by atoms with Crippen LogP contribution >= 0.6 is 11.8 Å². The molecular weight excluding hydrogens is 294 g/mol. The molecule has 0 radical (unpaired) electrons. The summed E-state index contributed by atoms with van der Waals surface area (Å²) in [7, 11) is -2.91. The number of hydrogen-bond acceptors (Lipinski definition) is 5. The van der Waals surface area contributed by atoms with Crippen LogP contribution in [0, 0.1) is 0 Å². The molecule has 1 aromatic heterocycles. The molecular formula is C14H17NO3S2. The number of rotatable bonds is 6. The van der Waals surface area contributed by atoms with E-state index in [2.05, 4.69) is 4.98 Å². The van der Waals surface area contributed by atoms with Crippen LogP contribution in [-0.2, 0) is 9.84 Å². The summed E-state index contributed by atoms with van der Waals surface area (Å²) in [6.45, 7) is 1.97. The van der Waals surface area contributed by atoms with Crippen molar-refractivity contribution in [3.8, 4) is 11.3 Å². The van der Waals surface area contributed by atoms with Crippen LogP contribution in [0.2, 0.25) is 0 Å². The molecule has 20 heavy (non-hydrogen) atoms. The van der Waals surface area contributed by atoms with E-state index in [9.17, 15) is 8.42 Å². The molecule has 1 heterocycles. The number of oxazole rings is 1. The van der Waals surface area contributed by atoms with E-state index in [4.69, 9.17) is 4.42 Å². The van der Waals surface area contributed by atoms with Gasteiger partial charge in [0.2, 0.25) is 5.89 Å². The second-order valence-corrected chi connectivity index (χ2v) is 8.28. The smallest absolute Gasteiger partial charge is 0.207 e. The topological polar surface area (TPSA) is 60.2 Å². The summed E-state index contributed by atoms with van der Waals surface area (Å²) >= 11 is 1.53. The van der Waals surface area contributed by atoms with Gasteiger partial charge < -0.3 is 4.42 Å². The first-order valence-electron chi connectivity index (χ1n) is 6.26. The Balaban J connectivity index is 1.98. The van der Waals surface area contributed by atoms with Gasteiger partial charge in [-0.05, 0) is 6.92 Å². The molecule has 0 aliphatic carbocycles. The standard InChI is InChI=1S/C14H17NO3S2/c1-11(19-8-9-20(2,16)17)14-15-10-13(18-14)12-6-4-3-5-7-12/h3-7,10-11H,8-9H2,1-2H3. The minimum Gasteiger partial charge on any atom is -0.440 e. The quantitative estimate of drug-likeness (QED) is 0.820. The SMILES string of the molecule is CC(SCCS(C)(=O)=O)c1ncc(-c2ccccc2)o1. The number of benzene rings is 1. The van der Waals surface area contributed by atoms with Crippen LogP contribution in [-0.4, -0.2) is 31.2 Å². The van der Waals surface area contributed by atoms with Crippen LogP contribution in [0.5, 0.6) is 0 Å². The average molecular weight is 311 g/mol. The van der Waals surface area contributed by atoms with Crippen LogP contribution < -0.4 is 0 Å². The molecule has 6 heteroatoms. The van der Waals surface area contributed by atoms with Crippen LogP contribution in [0.3, 0.4) is 0 Å². The lowest BCUT2D eigenvalue weighted by Gasteiger charge is -2.06. The highest BCUT2D eigenvalue weighted by Crippen LogP contribution is 2.30. The van der Waals surface area contributed by atoms with E-state index in [0.29, 0.717) is 11.6 Å². The van der Waals surface area contributed by atoms with E-state index < -0.39 is 9.84 Å². The highest BCUT2D eigenvalue weighted by atomic mass is 32.2. The summed E-state index contributed by atoms with van der Waals surface area (Å²) < 4.78 is 27.9. The average Bonchev–Trinajstić information content (AvgIpc) is 2.88. The zero-order valence-electron chi connectivity index (χ0n) is 11.4. The summed E-state index contributed by atoms with van der Waals surface area (Å²) in [5, 5.41) is 0.0363. The van der Waals surface area contributed by atoms with Crippen LogP contribution in [0.25, 0.3) is 11.3 Å². The first-order chi connectivity index (χ1) is 9.46. The molecule has 2 aromatic rings. The summed E-state index contributed by atoms with van der Waals surface area (Å²) in [5.74, 6) is 2.08. The Labute approximate surface area is 123 Å². The van der Waals surface area contributed by atoms with Crippen LogP contribution in [0.1, 0.15) is 18.1 Å². The lowest BCUT2D eigenvalue weighted by Crippen LogP contribution is -2.06. The van der Waals surface area contributed by atoms with Gasteiger partial charge in [-0.1, -0.05) is 30.3 Å². The Bertz CT molecular complexity index is 650. The normalized spacial score (nSPS) is 13.3. The number of aromatic nitrogens is 1. The molecule has 4 nitrogen and oxygen atoms in total. The lowest BCUT2D eigenvalue weighted by atomic mass is 10.2. The Kier molecular flexibility index (Phi) is 4.88. The van der Waals surface area contributed by atoms with Gasteiger partial charge in [0.05, 0.1) is 17.2 Å². The largest absolute Gasteiger partial charge is 0.440 e. The van der Waals surface area contributed by atoms with Crippen molar-refractivity contribution >= 4 is 21.6 Å². The maximum Gasteiger partial charge on any atom is 0.207 e. The zero-order valence-corrected chi connectivity index (χ0v) is 13.1. The second-order valence-electron chi connectivity index (χ2n) is 4.57. The lowest BCUT2D eigenvalue weighted by molar-refractivity contribution is 0.510. The van der Waals surface area contributed by atoms with Crippen molar-refractivity contribution in [2.24, 2.45) is 0 Å². The molecule has 2 rings (SSSR count). The van der Waals surface area contributed by atoms with Gasteiger partial charge in [0.1, 0.15) is 9.84 Å². The van der Waals surface area contributed by atoms with Gasteiger partial charge in [-0.15, -0.1) is 11.8 Å². The zero-order chi connectivity index (χ0) is 14.6. The third kappa shape index (κ3) is 4.38. The highest BCUT2D eigenvalue weighted by Gasteiger charge is 2.14. The van der Waals surface area contributed by atoms with E-state index in [0.717, 1.165) is 11.3 Å². The first-order valence-corrected chi connectivity index (χ1v) is 9.37.